The fourth-order valence-corrected chi connectivity index (χ4v) is 3.90. The van der Waals surface area contributed by atoms with E-state index in [4.69, 9.17) is 11.6 Å². The fourth-order valence-electron chi connectivity index (χ4n) is 2.60. The largest absolute Gasteiger partial charge is 0.317 e. The van der Waals surface area contributed by atoms with Crippen molar-refractivity contribution in [1.29, 1.82) is 0 Å². The monoisotopic (exact) mass is 243 g/mol. The third kappa shape index (κ3) is 2.74. The molecule has 3 heteroatoms. The lowest BCUT2D eigenvalue weighted by atomic mass is 9.84. The Bertz CT molecular complexity index is 336. The van der Waals surface area contributed by atoms with Crippen LogP contribution in [0.25, 0.3) is 0 Å². The van der Waals surface area contributed by atoms with Gasteiger partial charge in [-0.15, -0.1) is 11.3 Å². The zero-order chi connectivity index (χ0) is 10.9. The van der Waals surface area contributed by atoms with E-state index >= 15 is 0 Å². The minimum Gasteiger partial charge on any atom is -0.317 e. The lowest BCUT2D eigenvalue weighted by Crippen LogP contribution is -2.24. The summed E-state index contributed by atoms with van der Waals surface area (Å²) < 4.78 is 0.914. The van der Waals surface area contributed by atoms with Crippen molar-refractivity contribution in [2.45, 2.75) is 38.6 Å². The van der Waals surface area contributed by atoms with Gasteiger partial charge in [0, 0.05) is 10.9 Å². The zero-order valence-electron chi connectivity index (χ0n) is 9.35. The van der Waals surface area contributed by atoms with Crippen LogP contribution >= 0.6 is 22.9 Å². The molecule has 1 aromatic rings. The van der Waals surface area contributed by atoms with Crippen LogP contribution < -0.4 is 5.32 Å². The summed E-state index contributed by atoms with van der Waals surface area (Å²) >= 11 is 7.68. The van der Waals surface area contributed by atoms with Crippen LogP contribution in [0.4, 0.5) is 0 Å². The van der Waals surface area contributed by atoms with E-state index in [0.717, 1.165) is 4.34 Å². The summed E-state index contributed by atoms with van der Waals surface area (Å²) in [6, 6.07) is 4.89. The minimum atomic E-state index is 0.474. The summed E-state index contributed by atoms with van der Waals surface area (Å²) in [5.74, 6) is 0. The summed E-state index contributed by atoms with van der Waals surface area (Å²) in [6.07, 6.45) is 5.11. The Labute approximate surface area is 101 Å². The molecule has 1 aliphatic carbocycles. The Morgan fingerprint density at radius 2 is 2.40 bits per heavy atom. The molecule has 1 nitrogen and oxygen atoms in total. The quantitative estimate of drug-likeness (QED) is 0.853. The molecule has 0 amide bonds. The van der Waals surface area contributed by atoms with Crippen LogP contribution in [0.5, 0.6) is 0 Å². The summed E-state index contributed by atoms with van der Waals surface area (Å²) in [4.78, 5) is 1.43. The van der Waals surface area contributed by atoms with Crippen LogP contribution in [-0.2, 0) is 6.42 Å². The third-order valence-electron chi connectivity index (χ3n) is 3.47. The summed E-state index contributed by atoms with van der Waals surface area (Å²) in [5.41, 5.74) is 0.474. The standard InChI is InChI=1S/C12H18ClNS/c1-12(6-5-9(7-12)14-2)8-10-3-4-11(13)15-10/h3-4,9,14H,5-8H2,1-2H3. The zero-order valence-corrected chi connectivity index (χ0v) is 10.9. The maximum atomic E-state index is 5.95. The van der Waals surface area contributed by atoms with Crippen LogP contribution in [0.1, 0.15) is 31.1 Å². The second kappa shape index (κ2) is 4.44. The molecule has 1 aliphatic rings. The second-order valence-corrected chi connectivity index (χ2v) is 6.72. The van der Waals surface area contributed by atoms with Crippen molar-refractivity contribution >= 4 is 22.9 Å². The summed E-state index contributed by atoms with van der Waals surface area (Å²) in [5, 5.41) is 3.39. The molecule has 0 saturated heterocycles. The number of rotatable bonds is 3. The molecule has 84 valence electrons. The number of hydrogen-bond acceptors (Lipinski definition) is 2. The average Bonchev–Trinajstić information content (AvgIpc) is 2.74. The van der Waals surface area contributed by atoms with Crippen molar-refractivity contribution in [3.05, 3.63) is 21.3 Å². The van der Waals surface area contributed by atoms with E-state index in [-0.39, 0.29) is 0 Å². The molecule has 1 N–H and O–H groups in total. The van der Waals surface area contributed by atoms with Gasteiger partial charge in [0.2, 0.25) is 0 Å². The van der Waals surface area contributed by atoms with Gasteiger partial charge < -0.3 is 5.32 Å². The van der Waals surface area contributed by atoms with Crippen LogP contribution in [0.3, 0.4) is 0 Å². The van der Waals surface area contributed by atoms with E-state index in [1.807, 2.05) is 6.07 Å². The lowest BCUT2D eigenvalue weighted by Gasteiger charge is -2.23. The average molecular weight is 244 g/mol. The number of thiophene rings is 1. The van der Waals surface area contributed by atoms with Gasteiger partial charge in [-0.2, -0.15) is 0 Å². The first-order chi connectivity index (χ1) is 7.11. The molecule has 2 rings (SSSR count). The van der Waals surface area contributed by atoms with Gasteiger partial charge in [-0.05, 0) is 50.3 Å². The van der Waals surface area contributed by atoms with E-state index in [1.54, 1.807) is 11.3 Å². The first kappa shape index (κ1) is 11.4. The number of halogens is 1. The molecule has 0 aromatic carbocycles. The first-order valence-electron chi connectivity index (χ1n) is 5.53. The Kier molecular flexibility index (Phi) is 3.39. The highest BCUT2D eigenvalue weighted by Gasteiger charge is 2.34. The smallest absolute Gasteiger partial charge is 0.0931 e. The Morgan fingerprint density at radius 1 is 1.60 bits per heavy atom. The molecule has 15 heavy (non-hydrogen) atoms. The molecule has 0 aliphatic heterocycles. The van der Waals surface area contributed by atoms with Crippen LogP contribution in [0.15, 0.2) is 12.1 Å². The Balaban J connectivity index is 2.00. The molecule has 0 radical (unpaired) electrons. The lowest BCUT2D eigenvalue weighted by molar-refractivity contribution is 0.327. The molecular weight excluding hydrogens is 226 g/mol. The van der Waals surface area contributed by atoms with E-state index in [1.165, 1.54) is 30.6 Å². The molecular formula is C12H18ClNS. The molecule has 1 aromatic heterocycles. The third-order valence-corrected chi connectivity index (χ3v) is 4.70. The highest BCUT2D eigenvalue weighted by atomic mass is 35.5. The minimum absolute atomic E-state index is 0.474. The van der Waals surface area contributed by atoms with E-state index in [0.29, 0.717) is 11.5 Å². The van der Waals surface area contributed by atoms with Gasteiger partial charge in [-0.1, -0.05) is 18.5 Å². The van der Waals surface area contributed by atoms with Gasteiger partial charge in [0.15, 0.2) is 0 Å². The summed E-state index contributed by atoms with van der Waals surface area (Å²) in [7, 11) is 2.07. The maximum Gasteiger partial charge on any atom is 0.0931 e. The summed E-state index contributed by atoms with van der Waals surface area (Å²) in [6.45, 7) is 2.40. The molecule has 0 spiro atoms. The van der Waals surface area contributed by atoms with Crippen molar-refractivity contribution in [1.82, 2.24) is 5.32 Å². The predicted molar refractivity (Wildman–Crippen MR) is 67.8 cm³/mol. The number of hydrogen-bond donors (Lipinski definition) is 1. The molecule has 2 atom stereocenters. The predicted octanol–water partition coefficient (Wildman–Crippen LogP) is 3.72. The topological polar surface area (TPSA) is 12.0 Å². The van der Waals surface area contributed by atoms with Gasteiger partial charge in [0.1, 0.15) is 0 Å². The van der Waals surface area contributed by atoms with Crippen molar-refractivity contribution < 1.29 is 0 Å². The van der Waals surface area contributed by atoms with E-state index in [9.17, 15) is 0 Å². The van der Waals surface area contributed by atoms with Crippen LogP contribution in [-0.4, -0.2) is 13.1 Å². The van der Waals surface area contributed by atoms with E-state index in [2.05, 4.69) is 25.4 Å². The Hall–Kier alpha value is -0.0500. The van der Waals surface area contributed by atoms with Crippen LogP contribution in [0.2, 0.25) is 4.34 Å². The highest BCUT2D eigenvalue weighted by Crippen LogP contribution is 2.41. The highest BCUT2D eigenvalue weighted by molar-refractivity contribution is 7.16. The maximum absolute atomic E-state index is 5.95. The molecule has 1 heterocycles. The van der Waals surface area contributed by atoms with Crippen LogP contribution in [0, 0.1) is 5.41 Å². The molecule has 0 bridgehead atoms. The molecule has 1 saturated carbocycles. The van der Waals surface area contributed by atoms with Crippen molar-refractivity contribution in [2.75, 3.05) is 7.05 Å². The first-order valence-corrected chi connectivity index (χ1v) is 6.72. The van der Waals surface area contributed by atoms with Crippen molar-refractivity contribution in [2.24, 2.45) is 5.41 Å². The van der Waals surface area contributed by atoms with Gasteiger partial charge in [-0.3, -0.25) is 0 Å². The SMILES string of the molecule is CNC1CCC(C)(Cc2ccc(Cl)s2)C1. The Morgan fingerprint density at radius 3 is 2.93 bits per heavy atom. The van der Waals surface area contributed by atoms with Crippen molar-refractivity contribution in [3.63, 3.8) is 0 Å². The van der Waals surface area contributed by atoms with E-state index < -0.39 is 0 Å². The number of nitrogens with one attached hydrogen (secondary N) is 1. The second-order valence-electron chi connectivity index (χ2n) is 4.92. The fraction of sp³-hybridized carbons (Fsp3) is 0.667. The molecule has 2 unspecified atom stereocenters. The van der Waals surface area contributed by atoms with Gasteiger partial charge >= 0.3 is 0 Å². The van der Waals surface area contributed by atoms with Gasteiger partial charge in [-0.25, -0.2) is 0 Å². The van der Waals surface area contributed by atoms with Gasteiger partial charge in [0.05, 0.1) is 4.34 Å². The molecule has 1 fully saturated rings. The normalized spacial score (nSPS) is 31.0. The van der Waals surface area contributed by atoms with Gasteiger partial charge in [0.25, 0.3) is 0 Å². The van der Waals surface area contributed by atoms with Crippen molar-refractivity contribution in [3.8, 4) is 0 Å².